The van der Waals surface area contributed by atoms with Crippen molar-refractivity contribution in [3.8, 4) is 0 Å². The largest absolute Gasteiger partial charge is 0.466 e. The maximum atomic E-state index is 10.5. The summed E-state index contributed by atoms with van der Waals surface area (Å²) in [6, 6.07) is 0.134. The summed E-state index contributed by atoms with van der Waals surface area (Å²) < 4.78 is 4.82. The van der Waals surface area contributed by atoms with Crippen LogP contribution < -0.4 is 0 Å². The molecule has 70 valence electrons. The van der Waals surface area contributed by atoms with Crippen LogP contribution >= 0.6 is 0 Å². The van der Waals surface area contributed by atoms with Gasteiger partial charge in [0.05, 0.1) is 12.6 Å². The van der Waals surface area contributed by atoms with Gasteiger partial charge in [-0.05, 0) is 6.08 Å². The fourth-order valence-electron chi connectivity index (χ4n) is 1.01. The molecule has 3 heteroatoms. The number of esters is 1. The van der Waals surface area contributed by atoms with Crippen molar-refractivity contribution in [3.63, 3.8) is 0 Å². The maximum absolute atomic E-state index is 10.5. The molecule has 0 aliphatic carbocycles. The molecule has 0 spiro atoms. The van der Waals surface area contributed by atoms with Crippen molar-refractivity contribution in [1.82, 2.24) is 0 Å². The van der Waals surface area contributed by atoms with Crippen LogP contribution in [0, 0.1) is 0 Å². The number of allylic oxidation sites excluding steroid dienone is 3. The molecule has 0 N–H and O–H groups in total. The van der Waals surface area contributed by atoms with Gasteiger partial charge in [-0.25, -0.2) is 0 Å². The number of carbonyl (C=O) groups excluding carboxylic acids is 1. The summed E-state index contributed by atoms with van der Waals surface area (Å²) in [7, 11) is 0. The van der Waals surface area contributed by atoms with Gasteiger partial charge in [0.15, 0.2) is 0 Å². The molecule has 0 aromatic rings. The van der Waals surface area contributed by atoms with Crippen molar-refractivity contribution in [2.45, 2.75) is 19.4 Å². The Hall–Kier alpha value is -1.38. The summed E-state index contributed by atoms with van der Waals surface area (Å²) in [5.41, 5.74) is 0. The van der Waals surface area contributed by atoms with Crippen LogP contribution in [0.3, 0.4) is 0 Å². The van der Waals surface area contributed by atoms with Gasteiger partial charge in [-0.15, -0.1) is 0 Å². The van der Waals surface area contributed by atoms with Gasteiger partial charge in [-0.2, -0.15) is 0 Å². The van der Waals surface area contributed by atoms with Crippen molar-refractivity contribution in [1.29, 1.82) is 0 Å². The fraction of sp³-hybridized carbons (Fsp3) is 0.400. The molecule has 0 bridgehead atoms. The first-order chi connectivity index (χ1) is 6.29. The minimum atomic E-state index is -0.236. The van der Waals surface area contributed by atoms with E-state index in [9.17, 15) is 4.79 Å². The maximum Gasteiger partial charge on any atom is 0.302 e. The highest BCUT2D eigenvalue weighted by Gasteiger charge is 2.02. The van der Waals surface area contributed by atoms with Crippen LogP contribution in [0.15, 0.2) is 29.3 Å². The van der Waals surface area contributed by atoms with Crippen molar-refractivity contribution < 1.29 is 9.53 Å². The number of hydrogen-bond acceptors (Lipinski definition) is 3. The zero-order valence-corrected chi connectivity index (χ0v) is 7.64. The number of ether oxygens (including phenoxy) is 1. The van der Waals surface area contributed by atoms with Gasteiger partial charge in [-0.1, -0.05) is 18.2 Å². The molecule has 1 aliphatic rings. The molecule has 0 saturated heterocycles. The number of rotatable bonds is 3. The van der Waals surface area contributed by atoms with Gasteiger partial charge in [0, 0.05) is 19.6 Å². The molecular weight excluding hydrogens is 166 g/mol. The lowest BCUT2D eigenvalue weighted by Gasteiger charge is -2.05. The molecule has 1 atom stereocenters. The van der Waals surface area contributed by atoms with E-state index in [2.05, 4.69) is 4.99 Å². The third kappa shape index (κ3) is 4.25. The number of nitrogens with zero attached hydrogens (tertiary/aromatic N) is 1. The van der Waals surface area contributed by atoms with Gasteiger partial charge in [0.2, 0.25) is 0 Å². The predicted octanol–water partition coefficient (Wildman–Crippen LogP) is 1.51. The smallest absolute Gasteiger partial charge is 0.302 e. The van der Waals surface area contributed by atoms with E-state index in [-0.39, 0.29) is 12.0 Å². The molecule has 13 heavy (non-hydrogen) atoms. The van der Waals surface area contributed by atoms with E-state index in [4.69, 9.17) is 4.74 Å². The summed E-state index contributed by atoms with van der Waals surface area (Å²) in [6.45, 7) is 1.84. The third-order valence-corrected chi connectivity index (χ3v) is 1.64. The van der Waals surface area contributed by atoms with Crippen LogP contribution in [0.4, 0.5) is 0 Å². The van der Waals surface area contributed by atoms with E-state index < -0.39 is 0 Å². The van der Waals surface area contributed by atoms with E-state index in [1.165, 1.54) is 6.92 Å². The quantitative estimate of drug-likeness (QED) is 0.616. The van der Waals surface area contributed by atoms with Crippen LogP contribution in [0.25, 0.3) is 0 Å². The van der Waals surface area contributed by atoms with Gasteiger partial charge in [-0.3, -0.25) is 9.79 Å². The molecule has 0 radical (unpaired) electrons. The van der Waals surface area contributed by atoms with Gasteiger partial charge >= 0.3 is 5.97 Å². The lowest BCUT2D eigenvalue weighted by atomic mass is 10.2. The van der Waals surface area contributed by atoms with Crippen LogP contribution in [-0.4, -0.2) is 24.8 Å². The first-order valence-corrected chi connectivity index (χ1v) is 4.29. The first-order valence-electron chi connectivity index (χ1n) is 4.29. The number of carbonyl (C=O) groups is 1. The summed E-state index contributed by atoms with van der Waals surface area (Å²) in [6.07, 6.45) is 10.2. The lowest BCUT2D eigenvalue weighted by molar-refractivity contribution is -0.141. The Balaban J connectivity index is 2.25. The molecule has 0 aromatic heterocycles. The summed E-state index contributed by atoms with van der Waals surface area (Å²) >= 11 is 0. The van der Waals surface area contributed by atoms with Gasteiger partial charge in [0.1, 0.15) is 0 Å². The average Bonchev–Trinajstić information content (AvgIpc) is 2.32. The van der Waals surface area contributed by atoms with E-state index in [0.717, 1.165) is 6.42 Å². The highest BCUT2D eigenvalue weighted by atomic mass is 16.5. The molecule has 0 amide bonds. The van der Waals surface area contributed by atoms with Gasteiger partial charge in [0.25, 0.3) is 0 Å². The van der Waals surface area contributed by atoms with E-state index in [1.807, 2.05) is 24.3 Å². The summed E-state index contributed by atoms with van der Waals surface area (Å²) in [4.78, 5) is 14.7. The fourth-order valence-corrected chi connectivity index (χ4v) is 1.01. The minimum absolute atomic E-state index is 0.134. The normalized spacial score (nSPS) is 19.9. The van der Waals surface area contributed by atoms with Crippen molar-refractivity contribution in [3.05, 3.63) is 24.3 Å². The Morgan fingerprint density at radius 3 is 3.08 bits per heavy atom. The zero-order valence-electron chi connectivity index (χ0n) is 7.64. The number of aliphatic imine (C=N–C) groups is 1. The standard InChI is InChI=1S/C10H13NO2/c1-9(12)13-8-6-10-5-3-2-4-7-11-10/h2-5,7,10H,6,8H2,1H3. The molecule has 0 aromatic carbocycles. The SMILES string of the molecule is CC(=O)OCCC1C=CC=CC=N1. The highest BCUT2D eigenvalue weighted by molar-refractivity contribution is 5.72. The Morgan fingerprint density at radius 1 is 1.46 bits per heavy atom. The summed E-state index contributed by atoms with van der Waals surface area (Å²) in [5, 5.41) is 0. The molecule has 3 nitrogen and oxygen atoms in total. The lowest BCUT2D eigenvalue weighted by Crippen LogP contribution is -2.08. The van der Waals surface area contributed by atoms with E-state index in [1.54, 1.807) is 6.21 Å². The first kappa shape index (κ1) is 9.71. The second-order valence-electron chi connectivity index (χ2n) is 2.76. The second kappa shape index (κ2) is 5.30. The zero-order chi connectivity index (χ0) is 9.52. The van der Waals surface area contributed by atoms with Crippen LogP contribution in [0.2, 0.25) is 0 Å². The molecule has 0 saturated carbocycles. The van der Waals surface area contributed by atoms with Gasteiger partial charge < -0.3 is 4.74 Å². The molecule has 1 heterocycles. The van der Waals surface area contributed by atoms with Crippen molar-refractivity contribution >= 4 is 12.2 Å². The Kier molecular flexibility index (Phi) is 3.96. The molecule has 1 unspecified atom stereocenters. The van der Waals surface area contributed by atoms with Crippen LogP contribution in [0.1, 0.15) is 13.3 Å². The monoisotopic (exact) mass is 179 g/mol. The Morgan fingerprint density at radius 2 is 2.31 bits per heavy atom. The topological polar surface area (TPSA) is 38.7 Å². The molecular formula is C10H13NO2. The van der Waals surface area contributed by atoms with Crippen LogP contribution in [-0.2, 0) is 9.53 Å². The van der Waals surface area contributed by atoms with E-state index >= 15 is 0 Å². The Bertz CT molecular complexity index is 238. The van der Waals surface area contributed by atoms with E-state index in [0.29, 0.717) is 6.61 Å². The number of hydrogen-bond donors (Lipinski definition) is 0. The highest BCUT2D eigenvalue weighted by Crippen LogP contribution is 2.02. The van der Waals surface area contributed by atoms with Crippen molar-refractivity contribution in [2.24, 2.45) is 4.99 Å². The third-order valence-electron chi connectivity index (χ3n) is 1.64. The molecule has 1 rings (SSSR count). The predicted molar refractivity (Wildman–Crippen MR) is 51.8 cm³/mol. The molecule has 1 aliphatic heterocycles. The minimum Gasteiger partial charge on any atom is -0.466 e. The van der Waals surface area contributed by atoms with Crippen LogP contribution in [0.5, 0.6) is 0 Å². The second-order valence-corrected chi connectivity index (χ2v) is 2.76. The average molecular weight is 179 g/mol. The Labute approximate surface area is 77.8 Å². The summed E-state index contributed by atoms with van der Waals surface area (Å²) in [5.74, 6) is -0.236. The van der Waals surface area contributed by atoms with Crippen molar-refractivity contribution in [2.75, 3.05) is 6.61 Å². The molecule has 0 fully saturated rings.